The van der Waals surface area contributed by atoms with E-state index in [9.17, 15) is 4.79 Å². The van der Waals surface area contributed by atoms with Crippen LogP contribution in [-0.2, 0) is 4.79 Å². The van der Waals surface area contributed by atoms with E-state index in [1.807, 2.05) is 6.92 Å². The summed E-state index contributed by atoms with van der Waals surface area (Å²) in [5.41, 5.74) is 2.59. The summed E-state index contributed by atoms with van der Waals surface area (Å²) in [7, 11) is 3.57. The normalized spacial score (nSPS) is 8.55. The lowest BCUT2D eigenvalue weighted by Crippen LogP contribution is -2.35. The molecule has 0 aromatic heterocycles. The summed E-state index contributed by atoms with van der Waals surface area (Å²) in [5.74, 6) is 0.0509. The summed E-state index contributed by atoms with van der Waals surface area (Å²) in [4.78, 5) is 10.5. The molecule has 0 atom stereocenters. The second kappa shape index (κ2) is 9.43. The maximum absolute atomic E-state index is 10.5. The van der Waals surface area contributed by atoms with Gasteiger partial charge in [-0.15, -0.1) is 0 Å². The predicted molar refractivity (Wildman–Crippen MR) is 48.1 cm³/mol. The number of rotatable bonds is 2. The van der Waals surface area contributed by atoms with Gasteiger partial charge in [-0.1, -0.05) is 27.2 Å². The summed E-state index contributed by atoms with van der Waals surface area (Å²) in [6.45, 7) is 6.07. The molecule has 0 bridgehead atoms. The van der Waals surface area contributed by atoms with Gasteiger partial charge in [0.2, 0.25) is 5.91 Å². The van der Waals surface area contributed by atoms with Gasteiger partial charge in [-0.25, -0.2) is 5.01 Å². The fourth-order valence-electron chi connectivity index (χ4n) is 0.328. The summed E-state index contributed by atoms with van der Waals surface area (Å²) in [5, 5.41) is 1.63. The van der Waals surface area contributed by atoms with Crippen LogP contribution in [0.3, 0.4) is 0 Å². The first-order chi connectivity index (χ1) is 5.08. The number of amides is 1. The summed E-state index contributed by atoms with van der Waals surface area (Å²) < 4.78 is 0. The quantitative estimate of drug-likeness (QED) is 0.619. The second-order valence-corrected chi connectivity index (χ2v) is 2.49. The average Bonchev–Trinajstić information content (AvgIpc) is 1.88. The van der Waals surface area contributed by atoms with Gasteiger partial charge >= 0.3 is 0 Å². The maximum atomic E-state index is 10.5. The van der Waals surface area contributed by atoms with Gasteiger partial charge in [0.25, 0.3) is 0 Å². The van der Waals surface area contributed by atoms with Gasteiger partial charge in [0, 0.05) is 20.5 Å². The summed E-state index contributed by atoms with van der Waals surface area (Å²) in [6.07, 6.45) is 1.79. The first-order valence-corrected chi connectivity index (χ1v) is 4.05. The minimum Gasteiger partial charge on any atom is -0.289 e. The first-order valence-electron chi connectivity index (χ1n) is 4.05. The molecule has 0 aliphatic heterocycles. The van der Waals surface area contributed by atoms with Crippen molar-refractivity contribution in [2.75, 3.05) is 14.1 Å². The minimum atomic E-state index is 0.0509. The van der Waals surface area contributed by atoms with E-state index in [1.165, 1.54) is 6.42 Å². The molecule has 0 radical (unpaired) electrons. The molecule has 1 N–H and O–H groups in total. The smallest absolute Gasteiger partial charge is 0.233 e. The molecule has 0 saturated heterocycles. The lowest BCUT2D eigenvalue weighted by molar-refractivity contribution is -0.124. The Bertz CT molecular complexity index is 92.1. The van der Waals surface area contributed by atoms with Crippen molar-refractivity contribution in [3.05, 3.63) is 0 Å². The van der Waals surface area contributed by atoms with Crippen LogP contribution >= 0.6 is 0 Å². The van der Waals surface area contributed by atoms with Crippen molar-refractivity contribution in [2.45, 2.75) is 33.6 Å². The molecule has 0 rings (SSSR count). The maximum Gasteiger partial charge on any atom is 0.233 e. The Morgan fingerprint density at radius 1 is 1.27 bits per heavy atom. The van der Waals surface area contributed by atoms with Crippen LogP contribution in [0.15, 0.2) is 0 Å². The van der Waals surface area contributed by atoms with E-state index in [2.05, 4.69) is 19.3 Å². The van der Waals surface area contributed by atoms with Gasteiger partial charge in [-0.2, -0.15) is 0 Å². The second-order valence-electron chi connectivity index (χ2n) is 2.49. The van der Waals surface area contributed by atoms with E-state index >= 15 is 0 Å². The zero-order valence-corrected chi connectivity index (χ0v) is 8.27. The Morgan fingerprint density at radius 3 is 1.73 bits per heavy atom. The Morgan fingerprint density at radius 2 is 1.64 bits per heavy atom. The highest BCUT2D eigenvalue weighted by molar-refractivity contribution is 5.74. The lowest BCUT2D eigenvalue weighted by Gasteiger charge is -2.09. The van der Waals surface area contributed by atoms with E-state index in [-0.39, 0.29) is 5.91 Å². The number of hydrazine groups is 1. The van der Waals surface area contributed by atoms with Crippen LogP contribution < -0.4 is 5.43 Å². The topological polar surface area (TPSA) is 32.3 Å². The molecule has 0 aliphatic rings. The molecule has 0 fully saturated rings. The molecule has 0 unspecified atom stereocenters. The Hall–Kier alpha value is -0.570. The molecule has 11 heavy (non-hydrogen) atoms. The van der Waals surface area contributed by atoms with Crippen molar-refractivity contribution < 1.29 is 4.79 Å². The van der Waals surface area contributed by atoms with Gasteiger partial charge in [-0.05, 0) is 0 Å². The molecule has 0 saturated carbocycles. The number of carbonyl (C=O) groups is 1. The first kappa shape index (κ1) is 13.1. The van der Waals surface area contributed by atoms with Crippen LogP contribution in [-0.4, -0.2) is 25.0 Å². The number of hydrogen-bond donors (Lipinski definition) is 1. The van der Waals surface area contributed by atoms with E-state index < -0.39 is 0 Å². The van der Waals surface area contributed by atoms with Crippen molar-refractivity contribution in [2.24, 2.45) is 0 Å². The lowest BCUT2D eigenvalue weighted by atomic mass is 10.5. The molecule has 1 amide bonds. The Kier molecular flexibility index (Phi) is 11.2. The molecule has 0 aliphatic carbocycles. The molecule has 3 heteroatoms. The Labute approximate surface area is 69.7 Å². The monoisotopic (exact) mass is 160 g/mol. The van der Waals surface area contributed by atoms with Gasteiger partial charge in [0.1, 0.15) is 0 Å². The molecule has 0 aromatic carbocycles. The molecular weight excluding hydrogens is 140 g/mol. The summed E-state index contributed by atoms with van der Waals surface area (Å²) >= 11 is 0. The average molecular weight is 160 g/mol. The van der Waals surface area contributed by atoms with E-state index in [0.29, 0.717) is 6.42 Å². The zero-order valence-electron chi connectivity index (χ0n) is 8.27. The number of nitrogens with one attached hydrogen (secondary N) is 1. The molecule has 0 spiro atoms. The van der Waals surface area contributed by atoms with Gasteiger partial charge in [-0.3, -0.25) is 10.2 Å². The van der Waals surface area contributed by atoms with Gasteiger partial charge < -0.3 is 0 Å². The van der Waals surface area contributed by atoms with Gasteiger partial charge in [0.05, 0.1) is 0 Å². The molecular formula is C8H20N2O. The van der Waals surface area contributed by atoms with Crippen LogP contribution in [0.1, 0.15) is 33.6 Å². The highest BCUT2D eigenvalue weighted by Gasteiger charge is 1.93. The van der Waals surface area contributed by atoms with Crippen LogP contribution in [0.4, 0.5) is 0 Å². The van der Waals surface area contributed by atoms with Gasteiger partial charge in [0.15, 0.2) is 0 Å². The van der Waals surface area contributed by atoms with Crippen LogP contribution in [0.5, 0.6) is 0 Å². The largest absolute Gasteiger partial charge is 0.289 e. The van der Waals surface area contributed by atoms with Crippen molar-refractivity contribution in [1.82, 2.24) is 10.4 Å². The summed E-state index contributed by atoms with van der Waals surface area (Å²) in [6, 6.07) is 0. The SMILES string of the molecule is CCC.CCC(=O)NN(C)C. The van der Waals surface area contributed by atoms with Crippen molar-refractivity contribution >= 4 is 5.91 Å². The fourth-order valence-corrected chi connectivity index (χ4v) is 0.328. The number of carbonyl (C=O) groups excluding carboxylic acids is 1. The molecule has 3 nitrogen and oxygen atoms in total. The standard InChI is InChI=1S/C5H12N2O.C3H8/c1-4-5(8)6-7(2)3;1-3-2/h4H2,1-3H3,(H,6,8);3H2,1-2H3. The third-order valence-electron chi connectivity index (χ3n) is 0.669. The zero-order chi connectivity index (χ0) is 9.28. The highest BCUT2D eigenvalue weighted by Crippen LogP contribution is 1.73. The molecule has 68 valence electrons. The fraction of sp³-hybridized carbons (Fsp3) is 0.875. The molecule has 0 aromatic rings. The number of nitrogens with zero attached hydrogens (tertiary/aromatic N) is 1. The third kappa shape index (κ3) is 17.7. The third-order valence-corrected chi connectivity index (χ3v) is 0.669. The van der Waals surface area contributed by atoms with E-state index in [0.717, 1.165) is 0 Å². The van der Waals surface area contributed by atoms with Crippen LogP contribution in [0.2, 0.25) is 0 Å². The van der Waals surface area contributed by atoms with E-state index in [1.54, 1.807) is 19.1 Å². The predicted octanol–water partition coefficient (Wildman–Crippen LogP) is 1.41. The van der Waals surface area contributed by atoms with Crippen molar-refractivity contribution in [3.63, 3.8) is 0 Å². The minimum absolute atomic E-state index is 0.0509. The highest BCUT2D eigenvalue weighted by atomic mass is 16.2. The van der Waals surface area contributed by atoms with Crippen LogP contribution in [0.25, 0.3) is 0 Å². The molecule has 0 heterocycles. The Balaban J connectivity index is 0. The van der Waals surface area contributed by atoms with Crippen molar-refractivity contribution in [1.29, 1.82) is 0 Å². The van der Waals surface area contributed by atoms with Crippen molar-refractivity contribution in [3.8, 4) is 0 Å². The number of hydrogen-bond acceptors (Lipinski definition) is 2. The van der Waals surface area contributed by atoms with E-state index in [4.69, 9.17) is 0 Å². The van der Waals surface area contributed by atoms with Crippen LogP contribution in [0, 0.1) is 0 Å².